The summed E-state index contributed by atoms with van der Waals surface area (Å²) in [6.45, 7) is 0. The Hall–Kier alpha value is -1.07. The van der Waals surface area contributed by atoms with Crippen LogP contribution < -0.4 is 5.32 Å². The number of nitrogens with one attached hydrogen (secondary N) is 1. The largest absolute Gasteiger partial charge is 0.450 e. The van der Waals surface area contributed by atoms with Crippen LogP contribution in [0.5, 0.6) is 0 Å². The Morgan fingerprint density at radius 3 is 2.88 bits per heavy atom. The van der Waals surface area contributed by atoms with Gasteiger partial charge in [-0.05, 0) is 47.0 Å². The lowest BCUT2D eigenvalue weighted by molar-refractivity contribution is -0.118. The SMILES string of the molecule is O=C(C=Cc1ccc(Br)o1)NC1CC(O)C1. The van der Waals surface area contributed by atoms with Crippen molar-refractivity contribution in [1.82, 2.24) is 5.32 Å². The van der Waals surface area contributed by atoms with Crippen LogP contribution in [0.4, 0.5) is 0 Å². The molecule has 5 heteroatoms. The highest BCUT2D eigenvalue weighted by atomic mass is 79.9. The van der Waals surface area contributed by atoms with E-state index in [9.17, 15) is 4.79 Å². The summed E-state index contributed by atoms with van der Waals surface area (Å²) in [5.74, 6) is 0.458. The monoisotopic (exact) mass is 285 g/mol. The predicted molar refractivity (Wildman–Crippen MR) is 62.6 cm³/mol. The first-order valence-corrected chi connectivity index (χ1v) is 5.85. The van der Waals surface area contributed by atoms with Gasteiger partial charge in [0.15, 0.2) is 4.67 Å². The third-order valence-electron chi connectivity index (χ3n) is 2.45. The number of aliphatic hydroxyl groups is 1. The summed E-state index contributed by atoms with van der Waals surface area (Å²) in [7, 11) is 0. The molecule has 1 aliphatic rings. The van der Waals surface area contributed by atoms with E-state index in [-0.39, 0.29) is 18.1 Å². The summed E-state index contributed by atoms with van der Waals surface area (Å²) in [6, 6.07) is 3.64. The minimum Gasteiger partial charge on any atom is -0.450 e. The van der Waals surface area contributed by atoms with Crippen molar-refractivity contribution in [2.75, 3.05) is 0 Å². The maximum absolute atomic E-state index is 11.4. The molecule has 2 rings (SSSR count). The van der Waals surface area contributed by atoms with E-state index in [1.54, 1.807) is 18.2 Å². The van der Waals surface area contributed by atoms with Crippen LogP contribution in [0, 0.1) is 0 Å². The molecule has 1 amide bonds. The van der Waals surface area contributed by atoms with Gasteiger partial charge in [0.2, 0.25) is 5.91 Å². The summed E-state index contributed by atoms with van der Waals surface area (Å²) in [4.78, 5) is 11.4. The molecule has 1 aromatic rings. The zero-order valence-corrected chi connectivity index (χ0v) is 10.1. The molecule has 1 saturated carbocycles. The lowest BCUT2D eigenvalue weighted by Gasteiger charge is -2.31. The highest BCUT2D eigenvalue weighted by Gasteiger charge is 2.27. The third kappa shape index (κ3) is 2.96. The molecular formula is C11H12BrNO3. The third-order valence-corrected chi connectivity index (χ3v) is 2.88. The van der Waals surface area contributed by atoms with Crippen molar-refractivity contribution in [2.45, 2.75) is 25.0 Å². The molecule has 0 bridgehead atoms. The molecule has 16 heavy (non-hydrogen) atoms. The predicted octanol–water partition coefficient (Wildman–Crippen LogP) is 1.69. The lowest BCUT2D eigenvalue weighted by atomic mass is 9.89. The average molecular weight is 286 g/mol. The van der Waals surface area contributed by atoms with E-state index in [0.29, 0.717) is 23.3 Å². The summed E-state index contributed by atoms with van der Waals surface area (Å²) < 4.78 is 5.84. The minimum absolute atomic E-state index is 0.107. The highest BCUT2D eigenvalue weighted by Crippen LogP contribution is 2.19. The van der Waals surface area contributed by atoms with Gasteiger partial charge in [0.05, 0.1) is 6.10 Å². The lowest BCUT2D eigenvalue weighted by Crippen LogP contribution is -2.46. The van der Waals surface area contributed by atoms with Crippen LogP contribution in [-0.2, 0) is 4.79 Å². The van der Waals surface area contributed by atoms with Crippen molar-refractivity contribution in [3.63, 3.8) is 0 Å². The summed E-state index contributed by atoms with van der Waals surface area (Å²) in [5.41, 5.74) is 0. The highest BCUT2D eigenvalue weighted by molar-refractivity contribution is 9.10. The van der Waals surface area contributed by atoms with Crippen LogP contribution in [0.3, 0.4) is 0 Å². The van der Waals surface area contributed by atoms with Crippen LogP contribution in [0.15, 0.2) is 27.3 Å². The second kappa shape index (κ2) is 4.84. The molecule has 1 fully saturated rings. The van der Waals surface area contributed by atoms with Gasteiger partial charge in [-0.2, -0.15) is 0 Å². The molecule has 0 unspecified atom stereocenters. The Morgan fingerprint density at radius 2 is 2.31 bits per heavy atom. The zero-order valence-electron chi connectivity index (χ0n) is 8.52. The molecule has 1 heterocycles. The van der Waals surface area contributed by atoms with E-state index in [1.165, 1.54) is 6.08 Å². The Balaban J connectivity index is 1.80. The number of aliphatic hydroxyl groups excluding tert-OH is 1. The van der Waals surface area contributed by atoms with E-state index >= 15 is 0 Å². The molecular weight excluding hydrogens is 274 g/mol. The molecule has 86 valence electrons. The first-order valence-electron chi connectivity index (χ1n) is 5.05. The Kier molecular flexibility index (Phi) is 3.46. The van der Waals surface area contributed by atoms with Crippen molar-refractivity contribution in [3.8, 4) is 0 Å². The maximum Gasteiger partial charge on any atom is 0.244 e. The fourth-order valence-corrected chi connectivity index (χ4v) is 1.85. The fraction of sp³-hybridized carbons (Fsp3) is 0.364. The van der Waals surface area contributed by atoms with E-state index < -0.39 is 0 Å². The molecule has 0 radical (unpaired) electrons. The number of amides is 1. The summed E-state index contributed by atoms with van der Waals surface area (Å²) in [5, 5.41) is 11.8. The topological polar surface area (TPSA) is 62.5 Å². The molecule has 0 aliphatic heterocycles. The van der Waals surface area contributed by atoms with Gasteiger partial charge in [-0.25, -0.2) is 0 Å². The van der Waals surface area contributed by atoms with E-state index in [2.05, 4.69) is 21.2 Å². The first kappa shape index (κ1) is 11.4. The fourth-order valence-electron chi connectivity index (χ4n) is 1.53. The number of rotatable bonds is 3. The second-order valence-corrected chi connectivity index (χ2v) is 4.59. The smallest absolute Gasteiger partial charge is 0.244 e. The standard InChI is InChI=1S/C11H12BrNO3/c12-10-3-1-9(16-10)2-4-11(15)13-7-5-8(14)6-7/h1-4,7-8,14H,5-6H2,(H,13,15). The number of hydrogen-bond donors (Lipinski definition) is 2. The maximum atomic E-state index is 11.4. The number of carbonyl (C=O) groups excluding carboxylic acids is 1. The van der Waals surface area contributed by atoms with Gasteiger partial charge >= 0.3 is 0 Å². The van der Waals surface area contributed by atoms with E-state index in [4.69, 9.17) is 9.52 Å². The van der Waals surface area contributed by atoms with Crippen LogP contribution >= 0.6 is 15.9 Å². The van der Waals surface area contributed by atoms with Crippen molar-refractivity contribution >= 4 is 27.9 Å². The number of hydrogen-bond acceptors (Lipinski definition) is 3. The number of halogens is 1. The number of furan rings is 1. The molecule has 4 nitrogen and oxygen atoms in total. The van der Waals surface area contributed by atoms with Gasteiger partial charge < -0.3 is 14.8 Å². The van der Waals surface area contributed by atoms with Gasteiger partial charge in [-0.3, -0.25) is 4.79 Å². The zero-order chi connectivity index (χ0) is 11.5. The van der Waals surface area contributed by atoms with E-state index in [0.717, 1.165) is 0 Å². The van der Waals surface area contributed by atoms with Gasteiger partial charge in [0, 0.05) is 12.1 Å². The van der Waals surface area contributed by atoms with Gasteiger partial charge in [-0.1, -0.05) is 0 Å². The Bertz CT molecular complexity index is 407. The first-order chi connectivity index (χ1) is 7.63. The molecule has 0 spiro atoms. The quantitative estimate of drug-likeness (QED) is 0.831. The Morgan fingerprint density at radius 1 is 1.56 bits per heavy atom. The molecule has 0 saturated heterocycles. The molecule has 1 aromatic heterocycles. The second-order valence-electron chi connectivity index (χ2n) is 3.81. The molecule has 0 aromatic carbocycles. The van der Waals surface area contributed by atoms with Crippen LogP contribution in [0.1, 0.15) is 18.6 Å². The van der Waals surface area contributed by atoms with Crippen molar-refractivity contribution < 1.29 is 14.3 Å². The van der Waals surface area contributed by atoms with Gasteiger partial charge in [-0.15, -0.1) is 0 Å². The molecule has 1 aliphatic carbocycles. The van der Waals surface area contributed by atoms with Crippen molar-refractivity contribution in [2.24, 2.45) is 0 Å². The van der Waals surface area contributed by atoms with Crippen LogP contribution in [0.25, 0.3) is 6.08 Å². The normalized spacial score (nSPS) is 24.4. The number of carbonyl (C=O) groups is 1. The summed E-state index contributed by atoms with van der Waals surface area (Å²) in [6.07, 6.45) is 4.07. The molecule has 2 N–H and O–H groups in total. The van der Waals surface area contributed by atoms with Crippen LogP contribution in [-0.4, -0.2) is 23.2 Å². The van der Waals surface area contributed by atoms with Crippen LogP contribution in [0.2, 0.25) is 0 Å². The molecule has 0 atom stereocenters. The van der Waals surface area contributed by atoms with Gasteiger partial charge in [0.1, 0.15) is 5.76 Å². The average Bonchev–Trinajstić information content (AvgIpc) is 2.59. The minimum atomic E-state index is -0.254. The van der Waals surface area contributed by atoms with Crippen molar-refractivity contribution in [1.29, 1.82) is 0 Å². The summed E-state index contributed by atoms with van der Waals surface area (Å²) >= 11 is 3.18. The van der Waals surface area contributed by atoms with E-state index in [1.807, 2.05) is 0 Å². The Labute approximate surface area is 101 Å². The van der Waals surface area contributed by atoms with Gasteiger partial charge in [0.25, 0.3) is 0 Å². The van der Waals surface area contributed by atoms with Crippen molar-refractivity contribution in [3.05, 3.63) is 28.6 Å².